The van der Waals surface area contributed by atoms with E-state index in [0.717, 1.165) is 17.0 Å². The molecule has 2 aromatic heterocycles. The number of halogens is 2. The first-order valence-electron chi connectivity index (χ1n) is 6.58. The van der Waals surface area contributed by atoms with Gasteiger partial charge in [0.2, 0.25) is 0 Å². The second-order valence-corrected chi connectivity index (χ2v) is 4.72. The SMILES string of the molecule is Cc1cc2nc(-c3ccccc3)cc(NCC(F)F)n2n1. The second kappa shape index (κ2) is 5.47. The number of aryl methyl sites for hydroxylation is 1. The third-order valence-corrected chi connectivity index (χ3v) is 3.06. The summed E-state index contributed by atoms with van der Waals surface area (Å²) in [5, 5.41) is 6.99. The van der Waals surface area contributed by atoms with Gasteiger partial charge in [0.15, 0.2) is 5.65 Å². The number of aromatic nitrogens is 3. The minimum Gasteiger partial charge on any atom is -0.364 e. The molecule has 0 spiro atoms. The Balaban J connectivity index is 2.10. The van der Waals surface area contributed by atoms with E-state index in [4.69, 9.17) is 0 Å². The third-order valence-electron chi connectivity index (χ3n) is 3.06. The molecule has 1 aromatic carbocycles. The largest absolute Gasteiger partial charge is 0.364 e. The number of fused-ring (bicyclic) bond motifs is 1. The fourth-order valence-corrected chi connectivity index (χ4v) is 2.15. The summed E-state index contributed by atoms with van der Waals surface area (Å²) in [4.78, 5) is 4.53. The number of anilines is 1. The van der Waals surface area contributed by atoms with Crippen molar-refractivity contribution in [3.63, 3.8) is 0 Å². The minimum absolute atomic E-state index is 0.424. The van der Waals surface area contributed by atoms with Crippen LogP contribution in [0.3, 0.4) is 0 Å². The molecule has 2 heterocycles. The van der Waals surface area contributed by atoms with Crippen molar-refractivity contribution in [3.05, 3.63) is 48.2 Å². The van der Waals surface area contributed by atoms with Gasteiger partial charge >= 0.3 is 0 Å². The van der Waals surface area contributed by atoms with E-state index in [9.17, 15) is 8.78 Å². The van der Waals surface area contributed by atoms with Crippen molar-refractivity contribution in [2.24, 2.45) is 0 Å². The number of hydrogen-bond acceptors (Lipinski definition) is 3. The molecule has 0 unspecified atom stereocenters. The number of hydrogen-bond donors (Lipinski definition) is 1. The molecule has 0 bridgehead atoms. The second-order valence-electron chi connectivity index (χ2n) is 4.72. The van der Waals surface area contributed by atoms with Crippen LogP contribution in [0.4, 0.5) is 14.6 Å². The lowest BCUT2D eigenvalue weighted by Crippen LogP contribution is -2.13. The normalized spacial score (nSPS) is 11.2. The lowest BCUT2D eigenvalue weighted by molar-refractivity contribution is 0.163. The van der Waals surface area contributed by atoms with Crippen LogP contribution < -0.4 is 5.32 Å². The highest BCUT2D eigenvalue weighted by atomic mass is 19.3. The zero-order valence-electron chi connectivity index (χ0n) is 11.4. The van der Waals surface area contributed by atoms with Crippen LogP contribution in [0, 0.1) is 6.92 Å². The number of nitrogens with one attached hydrogen (secondary N) is 1. The maximum Gasteiger partial charge on any atom is 0.255 e. The third kappa shape index (κ3) is 2.84. The van der Waals surface area contributed by atoms with Crippen LogP contribution in [0.1, 0.15) is 5.69 Å². The van der Waals surface area contributed by atoms with Crippen molar-refractivity contribution < 1.29 is 8.78 Å². The van der Waals surface area contributed by atoms with Gasteiger partial charge in [-0.2, -0.15) is 9.61 Å². The zero-order chi connectivity index (χ0) is 14.8. The maximum absolute atomic E-state index is 12.4. The van der Waals surface area contributed by atoms with Gasteiger partial charge in [0.05, 0.1) is 17.9 Å². The lowest BCUT2D eigenvalue weighted by atomic mass is 10.1. The number of rotatable bonds is 4. The van der Waals surface area contributed by atoms with E-state index in [0.29, 0.717) is 11.5 Å². The molecule has 0 atom stereocenters. The predicted octanol–water partition coefficient (Wildman–Crippen LogP) is 3.38. The Morgan fingerprint density at radius 1 is 1.19 bits per heavy atom. The molecule has 0 saturated carbocycles. The lowest BCUT2D eigenvalue weighted by Gasteiger charge is -2.10. The summed E-state index contributed by atoms with van der Waals surface area (Å²) >= 11 is 0. The van der Waals surface area contributed by atoms with E-state index >= 15 is 0 Å². The van der Waals surface area contributed by atoms with Gasteiger partial charge in [0.25, 0.3) is 6.43 Å². The van der Waals surface area contributed by atoms with Crippen molar-refractivity contribution >= 4 is 11.5 Å². The molecule has 1 N–H and O–H groups in total. The average molecular weight is 288 g/mol. The maximum atomic E-state index is 12.4. The molecule has 108 valence electrons. The Labute approximate surface area is 120 Å². The van der Waals surface area contributed by atoms with Crippen molar-refractivity contribution in [3.8, 4) is 11.3 Å². The minimum atomic E-state index is -2.43. The molecule has 0 radical (unpaired) electrons. The van der Waals surface area contributed by atoms with Gasteiger partial charge in [-0.05, 0) is 6.92 Å². The first kappa shape index (κ1) is 13.5. The molecule has 21 heavy (non-hydrogen) atoms. The molecule has 3 rings (SSSR count). The molecule has 6 heteroatoms. The fraction of sp³-hybridized carbons (Fsp3) is 0.200. The Bertz CT molecular complexity index is 753. The molecular formula is C15H14F2N4. The van der Waals surface area contributed by atoms with Crippen LogP contribution >= 0.6 is 0 Å². The van der Waals surface area contributed by atoms with Gasteiger partial charge in [0, 0.05) is 17.7 Å². The predicted molar refractivity (Wildman–Crippen MR) is 77.7 cm³/mol. The summed E-state index contributed by atoms with van der Waals surface area (Å²) in [5.74, 6) is 0.507. The summed E-state index contributed by atoms with van der Waals surface area (Å²) in [6.45, 7) is 1.42. The van der Waals surface area contributed by atoms with Gasteiger partial charge in [-0.3, -0.25) is 0 Å². The highest BCUT2D eigenvalue weighted by molar-refractivity contribution is 5.66. The van der Waals surface area contributed by atoms with Gasteiger partial charge < -0.3 is 5.32 Å². The van der Waals surface area contributed by atoms with E-state index < -0.39 is 13.0 Å². The van der Waals surface area contributed by atoms with Crippen LogP contribution in [0.5, 0.6) is 0 Å². The van der Waals surface area contributed by atoms with Gasteiger partial charge in [-0.1, -0.05) is 30.3 Å². The van der Waals surface area contributed by atoms with E-state index in [2.05, 4.69) is 15.4 Å². The van der Waals surface area contributed by atoms with Crippen molar-refractivity contribution in [2.75, 3.05) is 11.9 Å². The van der Waals surface area contributed by atoms with Crippen LogP contribution in [-0.2, 0) is 0 Å². The molecule has 0 saturated heterocycles. The average Bonchev–Trinajstić information content (AvgIpc) is 2.85. The molecule has 0 amide bonds. The topological polar surface area (TPSA) is 42.2 Å². The van der Waals surface area contributed by atoms with Crippen molar-refractivity contribution in [2.45, 2.75) is 13.3 Å². The standard InChI is InChI=1S/C15H14F2N4/c1-10-7-15-19-12(11-5-3-2-4-6-11)8-14(21(15)20-10)18-9-13(16)17/h2-8,13,18H,9H2,1H3. The molecule has 0 aliphatic rings. The van der Waals surface area contributed by atoms with E-state index in [1.165, 1.54) is 0 Å². The first-order chi connectivity index (χ1) is 10.1. The van der Waals surface area contributed by atoms with Crippen LogP contribution in [-0.4, -0.2) is 27.6 Å². The van der Waals surface area contributed by atoms with Crippen LogP contribution in [0.25, 0.3) is 16.9 Å². The summed E-state index contributed by atoms with van der Waals surface area (Å²) in [6, 6.07) is 13.2. The Morgan fingerprint density at radius 3 is 2.67 bits per heavy atom. The zero-order valence-corrected chi connectivity index (χ0v) is 11.4. The van der Waals surface area contributed by atoms with E-state index in [1.807, 2.05) is 43.3 Å². The van der Waals surface area contributed by atoms with Crippen LogP contribution in [0.15, 0.2) is 42.5 Å². The number of benzene rings is 1. The summed E-state index contributed by atoms with van der Waals surface area (Å²) in [5.41, 5.74) is 3.07. The van der Waals surface area contributed by atoms with Crippen LogP contribution in [0.2, 0.25) is 0 Å². The highest BCUT2D eigenvalue weighted by Gasteiger charge is 2.11. The summed E-state index contributed by atoms with van der Waals surface area (Å²) in [6.07, 6.45) is -2.43. The highest BCUT2D eigenvalue weighted by Crippen LogP contribution is 2.22. The quantitative estimate of drug-likeness (QED) is 0.800. The van der Waals surface area contributed by atoms with Gasteiger partial charge in [-0.15, -0.1) is 0 Å². The Hall–Kier alpha value is -2.50. The van der Waals surface area contributed by atoms with E-state index in [-0.39, 0.29) is 0 Å². The number of nitrogens with zero attached hydrogens (tertiary/aromatic N) is 3. The number of alkyl halides is 2. The first-order valence-corrected chi connectivity index (χ1v) is 6.58. The fourth-order valence-electron chi connectivity index (χ4n) is 2.15. The molecule has 3 aromatic rings. The van der Waals surface area contributed by atoms with Crippen molar-refractivity contribution in [1.29, 1.82) is 0 Å². The summed E-state index contributed by atoms with van der Waals surface area (Å²) < 4.78 is 26.4. The van der Waals surface area contributed by atoms with E-state index in [1.54, 1.807) is 10.6 Å². The molecule has 0 fully saturated rings. The Morgan fingerprint density at radius 2 is 1.95 bits per heavy atom. The summed E-state index contributed by atoms with van der Waals surface area (Å²) in [7, 11) is 0. The smallest absolute Gasteiger partial charge is 0.255 e. The van der Waals surface area contributed by atoms with Gasteiger partial charge in [0.1, 0.15) is 5.82 Å². The monoisotopic (exact) mass is 288 g/mol. The molecule has 0 aliphatic carbocycles. The molecular weight excluding hydrogens is 274 g/mol. The molecule has 0 aliphatic heterocycles. The Kier molecular flexibility index (Phi) is 3.51. The van der Waals surface area contributed by atoms with Gasteiger partial charge in [-0.25, -0.2) is 13.8 Å². The molecule has 4 nitrogen and oxygen atoms in total. The van der Waals surface area contributed by atoms with Crippen molar-refractivity contribution in [1.82, 2.24) is 14.6 Å².